The van der Waals surface area contributed by atoms with Crippen molar-refractivity contribution in [3.63, 3.8) is 0 Å². The van der Waals surface area contributed by atoms with E-state index in [4.69, 9.17) is 0 Å². The first-order chi connectivity index (χ1) is 12.0. The summed E-state index contributed by atoms with van der Waals surface area (Å²) >= 11 is 0. The lowest BCUT2D eigenvalue weighted by molar-refractivity contribution is -0.117. The molecule has 0 bridgehead atoms. The zero-order valence-electron chi connectivity index (χ0n) is 14.2. The van der Waals surface area contributed by atoms with Gasteiger partial charge in [-0.25, -0.2) is 4.39 Å². The van der Waals surface area contributed by atoms with Crippen molar-refractivity contribution in [2.24, 2.45) is 0 Å². The van der Waals surface area contributed by atoms with Crippen molar-refractivity contribution >= 4 is 28.9 Å². The van der Waals surface area contributed by atoms with Crippen LogP contribution in [0.3, 0.4) is 0 Å². The van der Waals surface area contributed by atoms with Crippen molar-refractivity contribution < 1.29 is 14.0 Å². The van der Waals surface area contributed by atoms with E-state index in [1.807, 2.05) is 18.2 Å². The Morgan fingerprint density at radius 2 is 1.96 bits per heavy atom. The van der Waals surface area contributed by atoms with Gasteiger partial charge in [0.2, 0.25) is 11.8 Å². The lowest BCUT2D eigenvalue weighted by atomic mass is 10.1. The zero-order valence-corrected chi connectivity index (χ0v) is 14.2. The van der Waals surface area contributed by atoms with Gasteiger partial charge in [-0.05, 0) is 49.2 Å². The van der Waals surface area contributed by atoms with E-state index in [0.717, 1.165) is 23.4 Å². The number of hydrogen-bond acceptors (Lipinski definition) is 3. The molecule has 1 heterocycles. The third-order valence-electron chi connectivity index (χ3n) is 4.26. The molecule has 2 N–H and O–H groups in total. The Kier molecular flexibility index (Phi) is 4.70. The van der Waals surface area contributed by atoms with Crippen LogP contribution in [0.15, 0.2) is 42.5 Å². The number of para-hydroxylation sites is 1. The molecule has 130 valence electrons. The molecule has 2 aromatic rings. The molecule has 0 aromatic heterocycles. The molecular formula is C19H20FN3O2. The number of amides is 2. The molecule has 0 unspecified atom stereocenters. The highest BCUT2D eigenvalue weighted by Crippen LogP contribution is 2.30. The van der Waals surface area contributed by atoms with Gasteiger partial charge in [-0.15, -0.1) is 0 Å². The van der Waals surface area contributed by atoms with Crippen LogP contribution in [0.5, 0.6) is 0 Å². The molecule has 0 fully saturated rings. The third kappa shape index (κ3) is 3.63. The average molecular weight is 341 g/mol. The summed E-state index contributed by atoms with van der Waals surface area (Å²) in [6, 6.07) is 11.2. The SMILES string of the molecule is CC(=O)N1CCc2cc(N[C@H](C)C(=O)Nc3ccccc3F)ccc21. The summed E-state index contributed by atoms with van der Waals surface area (Å²) in [5.41, 5.74) is 2.94. The van der Waals surface area contributed by atoms with Crippen molar-refractivity contribution in [1.29, 1.82) is 0 Å². The Balaban J connectivity index is 1.67. The van der Waals surface area contributed by atoms with Gasteiger partial charge in [0.1, 0.15) is 11.9 Å². The van der Waals surface area contributed by atoms with E-state index in [9.17, 15) is 14.0 Å². The minimum Gasteiger partial charge on any atom is -0.374 e. The predicted molar refractivity (Wildman–Crippen MR) is 96.3 cm³/mol. The van der Waals surface area contributed by atoms with Crippen LogP contribution in [-0.4, -0.2) is 24.4 Å². The van der Waals surface area contributed by atoms with Crippen molar-refractivity contribution in [2.75, 3.05) is 22.1 Å². The summed E-state index contributed by atoms with van der Waals surface area (Å²) in [5, 5.41) is 5.69. The summed E-state index contributed by atoms with van der Waals surface area (Å²) in [4.78, 5) is 25.6. The van der Waals surface area contributed by atoms with Crippen molar-refractivity contribution in [2.45, 2.75) is 26.3 Å². The number of halogens is 1. The maximum absolute atomic E-state index is 13.6. The molecule has 25 heavy (non-hydrogen) atoms. The summed E-state index contributed by atoms with van der Waals surface area (Å²) in [6.45, 7) is 3.94. The predicted octanol–water partition coefficient (Wildman–Crippen LogP) is 3.17. The molecule has 5 nitrogen and oxygen atoms in total. The molecule has 1 aliphatic rings. The van der Waals surface area contributed by atoms with Crippen molar-refractivity contribution in [1.82, 2.24) is 0 Å². The van der Waals surface area contributed by atoms with E-state index < -0.39 is 11.9 Å². The number of nitrogens with zero attached hydrogens (tertiary/aromatic N) is 1. The fraction of sp³-hybridized carbons (Fsp3) is 0.263. The van der Waals surface area contributed by atoms with Gasteiger partial charge in [-0.2, -0.15) is 0 Å². The minimum absolute atomic E-state index is 0.0251. The largest absolute Gasteiger partial charge is 0.374 e. The van der Waals surface area contributed by atoms with Gasteiger partial charge in [-0.3, -0.25) is 9.59 Å². The second-order valence-electron chi connectivity index (χ2n) is 6.10. The number of rotatable bonds is 4. The number of nitrogens with one attached hydrogen (secondary N) is 2. The molecule has 0 saturated carbocycles. The molecule has 2 amide bonds. The Bertz CT molecular complexity index is 822. The lowest BCUT2D eigenvalue weighted by Gasteiger charge is -2.18. The van der Waals surface area contributed by atoms with Crippen LogP contribution in [0.25, 0.3) is 0 Å². The average Bonchev–Trinajstić information content (AvgIpc) is 3.00. The number of fused-ring (bicyclic) bond motifs is 1. The molecule has 0 aliphatic carbocycles. The second kappa shape index (κ2) is 6.93. The van der Waals surface area contributed by atoms with Crippen LogP contribution in [0, 0.1) is 5.82 Å². The minimum atomic E-state index is -0.539. The summed E-state index contributed by atoms with van der Waals surface area (Å²) < 4.78 is 13.6. The highest BCUT2D eigenvalue weighted by atomic mass is 19.1. The monoisotopic (exact) mass is 341 g/mol. The molecule has 0 radical (unpaired) electrons. The van der Waals surface area contributed by atoms with E-state index in [1.165, 1.54) is 12.1 Å². The number of carbonyl (C=O) groups is 2. The van der Waals surface area contributed by atoms with Gasteiger partial charge in [-0.1, -0.05) is 12.1 Å². The van der Waals surface area contributed by atoms with Crippen LogP contribution in [0.1, 0.15) is 19.4 Å². The van der Waals surface area contributed by atoms with Gasteiger partial charge in [0, 0.05) is 24.8 Å². The van der Waals surface area contributed by atoms with Crippen LogP contribution in [0.2, 0.25) is 0 Å². The van der Waals surface area contributed by atoms with Gasteiger partial charge in [0.15, 0.2) is 0 Å². The number of anilines is 3. The summed E-state index contributed by atoms with van der Waals surface area (Å²) in [7, 11) is 0. The van der Waals surface area contributed by atoms with E-state index in [2.05, 4.69) is 10.6 Å². The van der Waals surface area contributed by atoms with E-state index >= 15 is 0 Å². The lowest BCUT2D eigenvalue weighted by Crippen LogP contribution is -2.32. The first-order valence-electron chi connectivity index (χ1n) is 8.18. The maximum atomic E-state index is 13.6. The fourth-order valence-corrected chi connectivity index (χ4v) is 2.94. The normalized spacial score (nSPS) is 14.0. The third-order valence-corrected chi connectivity index (χ3v) is 4.26. The standard InChI is InChI=1S/C19H20FN3O2/c1-12(19(25)22-17-6-4-3-5-16(17)20)21-15-7-8-18-14(11-15)9-10-23(18)13(2)24/h3-8,11-12,21H,9-10H2,1-2H3,(H,22,25)/t12-/m1/s1. The molecule has 6 heteroatoms. The number of benzene rings is 2. The number of hydrogen-bond donors (Lipinski definition) is 2. The van der Waals surface area contributed by atoms with Gasteiger partial charge < -0.3 is 15.5 Å². The highest BCUT2D eigenvalue weighted by molar-refractivity contribution is 5.97. The number of carbonyl (C=O) groups excluding carboxylic acids is 2. The molecule has 1 aliphatic heterocycles. The molecular weight excluding hydrogens is 321 g/mol. The summed E-state index contributed by atoms with van der Waals surface area (Å²) in [5.74, 6) is -0.766. The Labute approximate surface area is 145 Å². The molecule has 0 spiro atoms. The van der Waals surface area contributed by atoms with Crippen molar-refractivity contribution in [3.05, 3.63) is 53.8 Å². The first kappa shape index (κ1) is 17.0. The van der Waals surface area contributed by atoms with Crippen LogP contribution < -0.4 is 15.5 Å². The fourth-order valence-electron chi connectivity index (χ4n) is 2.94. The van der Waals surface area contributed by atoms with Crippen molar-refractivity contribution in [3.8, 4) is 0 Å². The van der Waals surface area contributed by atoms with Crippen LogP contribution in [-0.2, 0) is 16.0 Å². The summed E-state index contributed by atoms with van der Waals surface area (Å²) in [6.07, 6.45) is 0.792. The quantitative estimate of drug-likeness (QED) is 0.898. The van der Waals surface area contributed by atoms with Gasteiger partial charge >= 0.3 is 0 Å². The topological polar surface area (TPSA) is 61.4 Å². The smallest absolute Gasteiger partial charge is 0.246 e. The highest BCUT2D eigenvalue weighted by Gasteiger charge is 2.22. The van der Waals surface area contributed by atoms with E-state index in [-0.39, 0.29) is 17.5 Å². The van der Waals surface area contributed by atoms with E-state index in [1.54, 1.807) is 30.9 Å². The zero-order chi connectivity index (χ0) is 18.0. The molecule has 1 atom stereocenters. The Morgan fingerprint density at radius 3 is 2.68 bits per heavy atom. The molecule has 0 saturated heterocycles. The van der Waals surface area contributed by atoms with Gasteiger partial charge in [0.25, 0.3) is 0 Å². The van der Waals surface area contributed by atoms with E-state index in [0.29, 0.717) is 6.54 Å². The first-order valence-corrected chi connectivity index (χ1v) is 8.18. The second-order valence-corrected chi connectivity index (χ2v) is 6.10. The molecule has 3 rings (SSSR count). The maximum Gasteiger partial charge on any atom is 0.246 e. The Hall–Kier alpha value is -2.89. The van der Waals surface area contributed by atoms with Gasteiger partial charge in [0.05, 0.1) is 5.69 Å². The van der Waals surface area contributed by atoms with Crippen LogP contribution >= 0.6 is 0 Å². The molecule has 2 aromatic carbocycles. The van der Waals surface area contributed by atoms with Crippen LogP contribution in [0.4, 0.5) is 21.5 Å². The Morgan fingerprint density at radius 1 is 1.20 bits per heavy atom.